The molecule has 1 aliphatic carbocycles. The number of aliphatic carboxylic acids is 1. The standard InChI is InChI=1S/C17H25ClN4O3/c1-12-15(18)20-16(17(25)21(12)9-14(23)24)19-11-22(10-13-5-6-13)7-3-2-4-8-22/h13H,2-11H2,1H3,(H-,19,20,23,24)/p+1. The first-order valence-corrected chi connectivity index (χ1v) is 9.36. The molecule has 0 aromatic carbocycles. The Morgan fingerprint density at radius 2 is 2.04 bits per heavy atom. The number of nitrogens with zero attached hydrogens (tertiary/aromatic N) is 3. The van der Waals surface area contributed by atoms with E-state index in [-0.39, 0.29) is 11.0 Å². The summed E-state index contributed by atoms with van der Waals surface area (Å²) in [5.74, 6) is -0.125. The van der Waals surface area contributed by atoms with Crippen molar-refractivity contribution in [3.05, 3.63) is 21.2 Å². The lowest BCUT2D eigenvalue weighted by Crippen LogP contribution is -2.55. The van der Waals surface area contributed by atoms with E-state index in [1.165, 1.54) is 36.7 Å². The van der Waals surface area contributed by atoms with Gasteiger partial charge in [0.05, 0.1) is 25.3 Å². The van der Waals surface area contributed by atoms with Gasteiger partial charge in [-0.15, -0.1) is 0 Å². The Balaban J connectivity index is 1.80. The van der Waals surface area contributed by atoms with Crippen molar-refractivity contribution in [1.29, 1.82) is 0 Å². The van der Waals surface area contributed by atoms with E-state index in [2.05, 4.69) is 10.3 Å². The lowest BCUT2D eigenvalue weighted by molar-refractivity contribution is -0.931. The molecule has 25 heavy (non-hydrogen) atoms. The van der Waals surface area contributed by atoms with Gasteiger partial charge in [-0.05, 0) is 39.0 Å². The van der Waals surface area contributed by atoms with E-state index in [1.54, 1.807) is 6.92 Å². The fraction of sp³-hybridized carbons (Fsp3) is 0.706. The van der Waals surface area contributed by atoms with Gasteiger partial charge in [0.2, 0.25) is 0 Å². The molecule has 138 valence electrons. The van der Waals surface area contributed by atoms with E-state index in [0.717, 1.165) is 30.0 Å². The van der Waals surface area contributed by atoms with Crippen LogP contribution in [-0.4, -0.2) is 51.4 Å². The average Bonchev–Trinajstić information content (AvgIpc) is 3.38. The monoisotopic (exact) mass is 369 g/mol. The fourth-order valence-electron chi connectivity index (χ4n) is 3.74. The number of hydrogen-bond acceptors (Lipinski definition) is 4. The predicted octanol–water partition coefficient (Wildman–Crippen LogP) is 2.07. The van der Waals surface area contributed by atoms with Crippen molar-refractivity contribution < 1.29 is 14.4 Å². The minimum absolute atomic E-state index is 0.149. The van der Waals surface area contributed by atoms with Crippen molar-refractivity contribution in [2.45, 2.75) is 45.6 Å². The van der Waals surface area contributed by atoms with Crippen molar-refractivity contribution in [2.75, 3.05) is 31.6 Å². The molecule has 2 fully saturated rings. The highest BCUT2D eigenvalue weighted by Crippen LogP contribution is 2.34. The van der Waals surface area contributed by atoms with Gasteiger partial charge in [-0.2, -0.15) is 0 Å². The predicted molar refractivity (Wildman–Crippen MR) is 95.8 cm³/mol. The molecule has 7 nitrogen and oxygen atoms in total. The summed E-state index contributed by atoms with van der Waals surface area (Å²) in [6.07, 6.45) is 6.30. The topological polar surface area (TPSA) is 84.2 Å². The van der Waals surface area contributed by atoms with Crippen LogP contribution in [0.25, 0.3) is 0 Å². The summed E-state index contributed by atoms with van der Waals surface area (Å²) in [6.45, 7) is 5.22. The van der Waals surface area contributed by atoms with E-state index < -0.39 is 18.1 Å². The third kappa shape index (κ3) is 4.33. The van der Waals surface area contributed by atoms with Crippen molar-refractivity contribution in [3.63, 3.8) is 0 Å². The molecule has 0 amide bonds. The van der Waals surface area contributed by atoms with Crippen LogP contribution < -0.4 is 10.9 Å². The number of carboxylic acid groups (broad SMARTS) is 1. The molecule has 3 rings (SSSR count). The lowest BCUT2D eigenvalue weighted by atomic mass is 10.1. The summed E-state index contributed by atoms with van der Waals surface area (Å²) in [6, 6.07) is 0. The van der Waals surface area contributed by atoms with Crippen LogP contribution in [0.4, 0.5) is 5.82 Å². The molecule has 1 aromatic heterocycles. The molecule has 0 bridgehead atoms. The number of nitrogens with one attached hydrogen (secondary N) is 1. The summed E-state index contributed by atoms with van der Waals surface area (Å²) in [5, 5.41) is 12.4. The second-order valence-corrected chi connectivity index (χ2v) is 7.79. The van der Waals surface area contributed by atoms with Gasteiger partial charge in [0.1, 0.15) is 6.54 Å². The van der Waals surface area contributed by atoms with Crippen LogP contribution in [0.2, 0.25) is 5.15 Å². The number of quaternary nitrogens is 1. The van der Waals surface area contributed by atoms with Crippen molar-refractivity contribution in [1.82, 2.24) is 9.55 Å². The van der Waals surface area contributed by atoms with Gasteiger partial charge in [0, 0.05) is 5.92 Å². The molecule has 0 spiro atoms. The van der Waals surface area contributed by atoms with Gasteiger partial charge in [0.25, 0.3) is 5.56 Å². The number of likely N-dealkylation sites (tertiary alicyclic amines) is 1. The summed E-state index contributed by atoms with van der Waals surface area (Å²) >= 11 is 6.12. The van der Waals surface area contributed by atoms with Gasteiger partial charge < -0.3 is 14.9 Å². The summed E-state index contributed by atoms with van der Waals surface area (Å²) < 4.78 is 2.14. The molecule has 1 aromatic rings. The zero-order valence-electron chi connectivity index (χ0n) is 14.6. The first kappa shape index (κ1) is 18.2. The van der Waals surface area contributed by atoms with Crippen LogP contribution in [0.5, 0.6) is 0 Å². The highest BCUT2D eigenvalue weighted by atomic mass is 35.5. The Bertz CT molecular complexity index is 709. The Hall–Kier alpha value is -1.60. The molecular weight excluding hydrogens is 344 g/mol. The number of carbonyl (C=O) groups is 1. The van der Waals surface area contributed by atoms with E-state index in [9.17, 15) is 9.59 Å². The van der Waals surface area contributed by atoms with E-state index in [4.69, 9.17) is 16.7 Å². The van der Waals surface area contributed by atoms with E-state index >= 15 is 0 Å². The molecule has 0 atom stereocenters. The van der Waals surface area contributed by atoms with E-state index in [1.807, 2.05) is 0 Å². The third-order valence-corrected chi connectivity index (χ3v) is 5.70. The van der Waals surface area contributed by atoms with Crippen molar-refractivity contribution in [2.24, 2.45) is 5.92 Å². The van der Waals surface area contributed by atoms with Gasteiger partial charge in [0.15, 0.2) is 17.6 Å². The number of hydrogen-bond donors (Lipinski definition) is 2. The van der Waals surface area contributed by atoms with Crippen LogP contribution in [0.3, 0.4) is 0 Å². The number of anilines is 1. The summed E-state index contributed by atoms with van der Waals surface area (Å²) in [7, 11) is 0. The van der Waals surface area contributed by atoms with Crippen LogP contribution in [0.1, 0.15) is 37.8 Å². The molecular formula is C17H26ClN4O3+. The Labute approximate surface area is 152 Å². The SMILES string of the molecule is Cc1c(Cl)nc(NC[N+]2(CC3CC3)CCCCC2)c(=O)n1CC(=O)O. The average molecular weight is 370 g/mol. The zero-order chi connectivity index (χ0) is 18.0. The second kappa shape index (κ2) is 7.33. The molecule has 8 heteroatoms. The number of aromatic nitrogens is 2. The van der Waals surface area contributed by atoms with Crippen molar-refractivity contribution in [3.8, 4) is 0 Å². The Kier molecular flexibility index (Phi) is 5.34. The highest BCUT2D eigenvalue weighted by molar-refractivity contribution is 6.30. The molecule has 0 unspecified atom stereocenters. The van der Waals surface area contributed by atoms with Crippen LogP contribution >= 0.6 is 11.6 Å². The maximum Gasteiger partial charge on any atom is 0.323 e. The summed E-state index contributed by atoms with van der Waals surface area (Å²) in [5.41, 5.74) is -0.0506. The smallest absolute Gasteiger partial charge is 0.323 e. The number of halogens is 1. The molecule has 1 saturated carbocycles. The summed E-state index contributed by atoms with van der Waals surface area (Å²) in [4.78, 5) is 27.8. The van der Waals surface area contributed by atoms with E-state index in [0.29, 0.717) is 12.4 Å². The maximum absolute atomic E-state index is 12.6. The molecule has 2 aliphatic rings. The van der Waals surface area contributed by atoms with Crippen molar-refractivity contribution >= 4 is 23.4 Å². The molecule has 2 heterocycles. The zero-order valence-corrected chi connectivity index (χ0v) is 15.4. The normalized spacial score (nSPS) is 19.6. The first-order valence-electron chi connectivity index (χ1n) is 8.98. The highest BCUT2D eigenvalue weighted by Gasteiger charge is 2.37. The number of piperidine rings is 1. The largest absolute Gasteiger partial charge is 0.480 e. The molecule has 1 aliphatic heterocycles. The Morgan fingerprint density at radius 3 is 2.64 bits per heavy atom. The third-order valence-electron chi connectivity index (χ3n) is 5.34. The maximum atomic E-state index is 12.6. The number of rotatable bonds is 7. The van der Waals surface area contributed by atoms with Gasteiger partial charge in [-0.3, -0.25) is 14.2 Å². The first-order chi connectivity index (χ1) is 11.9. The van der Waals surface area contributed by atoms with Gasteiger partial charge >= 0.3 is 5.97 Å². The van der Waals surface area contributed by atoms with Gasteiger partial charge in [-0.25, -0.2) is 4.98 Å². The molecule has 1 saturated heterocycles. The van der Waals surface area contributed by atoms with Gasteiger partial charge in [-0.1, -0.05) is 11.6 Å². The second-order valence-electron chi connectivity index (χ2n) is 7.43. The lowest BCUT2D eigenvalue weighted by Gasteiger charge is -2.41. The number of carboxylic acids is 1. The quantitative estimate of drug-likeness (QED) is 0.719. The van der Waals surface area contributed by atoms with Crippen LogP contribution in [0.15, 0.2) is 4.79 Å². The van der Waals surface area contributed by atoms with Crippen LogP contribution in [0, 0.1) is 12.8 Å². The van der Waals surface area contributed by atoms with Crippen LogP contribution in [-0.2, 0) is 11.3 Å². The minimum Gasteiger partial charge on any atom is -0.480 e. The molecule has 2 N–H and O–H groups in total. The fourth-order valence-corrected chi connectivity index (χ4v) is 3.92. The molecule has 0 radical (unpaired) electrons. The minimum atomic E-state index is -1.08. The Morgan fingerprint density at radius 1 is 1.36 bits per heavy atom.